The lowest BCUT2D eigenvalue weighted by atomic mass is 9.86. The predicted molar refractivity (Wildman–Crippen MR) is 98.6 cm³/mol. The topological polar surface area (TPSA) is 69.6 Å². The van der Waals surface area contributed by atoms with Crippen molar-refractivity contribution in [3.05, 3.63) is 48.0 Å². The van der Waals surface area contributed by atoms with Gasteiger partial charge in [-0.25, -0.2) is 4.79 Å². The summed E-state index contributed by atoms with van der Waals surface area (Å²) in [6, 6.07) is 9.74. The van der Waals surface area contributed by atoms with Crippen molar-refractivity contribution in [2.45, 2.75) is 31.7 Å². The highest BCUT2D eigenvalue weighted by atomic mass is 16.4. The van der Waals surface area contributed by atoms with Gasteiger partial charge in [-0.1, -0.05) is 42.5 Å². The zero-order valence-corrected chi connectivity index (χ0v) is 14.9. The molecule has 2 fully saturated rings. The van der Waals surface area contributed by atoms with Gasteiger partial charge < -0.3 is 15.3 Å². The Morgan fingerprint density at radius 3 is 2.38 bits per heavy atom. The molecule has 1 heterocycles. The number of nitrogens with one attached hydrogen (secondary N) is 1. The van der Waals surface area contributed by atoms with Gasteiger partial charge in [0.1, 0.15) is 0 Å². The summed E-state index contributed by atoms with van der Waals surface area (Å²) in [5.41, 5.74) is 1.11. The Morgan fingerprint density at radius 1 is 1.12 bits per heavy atom. The quantitative estimate of drug-likeness (QED) is 0.772. The molecule has 5 atom stereocenters. The summed E-state index contributed by atoms with van der Waals surface area (Å²) in [7, 11) is 0. The number of hydrogen-bond donors (Lipinski definition) is 2. The maximum atomic E-state index is 12.8. The van der Waals surface area contributed by atoms with E-state index in [0.717, 1.165) is 18.7 Å². The highest BCUT2D eigenvalue weighted by molar-refractivity contribution is 5.75. The Hall–Kier alpha value is -2.30. The van der Waals surface area contributed by atoms with Gasteiger partial charge in [0.25, 0.3) is 0 Å². The number of carbonyl (C=O) groups excluding carboxylic acids is 1. The van der Waals surface area contributed by atoms with Crippen molar-refractivity contribution in [2.24, 2.45) is 23.7 Å². The monoisotopic (exact) mass is 354 g/mol. The van der Waals surface area contributed by atoms with Crippen molar-refractivity contribution in [1.82, 2.24) is 10.2 Å². The van der Waals surface area contributed by atoms with E-state index in [4.69, 9.17) is 5.11 Å². The number of hydrogen-bond acceptors (Lipinski definition) is 2. The first-order valence-corrected chi connectivity index (χ1v) is 9.59. The molecular formula is C21H26N2O3. The summed E-state index contributed by atoms with van der Waals surface area (Å²) < 4.78 is 0. The summed E-state index contributed by atoms with van der Waals surface area (Å²) >= 11 is 0. The Bertz CT molecular complexity index is 682. The fourth-order valence-corrected chi connectivity index (χ4v) is 5.01. The average molecular weight is 354 g/mol. The van der Waals surface area contributed by atoms with Crippen molar-refractivity contribution in [3.63, 3.8) is 0 Å². The number of carbonyl (C=O) groups is 2. The molecule has 0 spiro atoms. The Balaban J connectivity index is 1.37. The number of aliphatic carboxylic acids is 1. The number of allylic oxidation sites excluding steroid dienone is 2. The molecule has 26 heavy (non-hydrogen) atoms. The Morgan fingerprint density at radius 2 is 1.77 bits per heavy atom. The molecule has 0 radical (unpaired) electrons. The molecule has 4 rings (SSSR count). The second-order valence-electron chi connectivity index (χ2n) is 7.95. The van der Waals surface area contributed by atoms with E-state index in [-0.39, 0.29) is 18.5 Å². The number of rotatable bonds is 6. The van der Waals surface area contributed by atoms with Gasteiger partial charge in [-0.05, 0) is 48.5 Å². The van der Waals surface area contributed by atoms with Crippen LogP contribution in [0.2, 0.25) is 0 Å². The second kappa shape index (κ2) is 7.14. The van der Waals surface area contributed by atoms with E-state index in [0.29, 0.717) is 36.5 Å². The zero-order valence-electron chi connectivity index (χ0n) is 14.9. The number of carboxylic acids is 1. The van der Waals surface area contributed by atoms with Crippen LogP contribution in [0.15, 0.2) is 42.5 Å². The normalized spacial score (nSPS) is 29.6. The molecule has 1 saturated heterocycles. The third-order valence-corrected chi connectivity index (χ3v) is 6.31. The number of urea groups is 1. The lowest BCUT2D eigenvalue weighted by Crippen LogP contribution is -2.45. The standard InChI is InChI=1S/C21H26N2O3/c24-20(25)9-8-17(10-14-4-2-1-3-5-14)22-21(26)23-12-18-15-6-7-16(11-15)19(18)13-23/h1-7,15-19H,8-13H2,(H,22,26)(H,24,25)/t15?,16?,17?,18-,19+. The molecule has 2 aliphatic carbocycles. The van der Waals surface area contributed by atoms with Gasteiger partial charge in [0.15, 0.2) is 0 Å². The summed E-state index contributed by atoms with van der Waals surface area (Å²) in [6.07, 6.45) is 7.10. The first-order valence-electron chi connectivity index (χ1n) is 9.59. The third-order valence-electron chi connectivity index (χ3n) is 6.31. The Labute approximate surface area is 154 Å². The average Bonchev–Trinajstić information content (AvgIpc) is 3.33. The van der Waals surface area contributed by atoms with Gasteiger partial charge in [0.2, 0.25) is 0 Å². The molecular weight excluding hydrogens is 328 g/mol. The predicted octanol–water partition coefficient (Wildman–Crippen LogP) is 2.93. The second-order valence-corrected chi connectivity index (χ2v) is 7.95. The molecule has 3 aliphatic rings. The van der Waals surface area contributed by atoms with Crippen LogP contribution in [0.4, 0.5) is 4.79 Å². The smallest absolute Gasteiger partial charge is 0.317 e. The number of fused-ring (bicyclic) bond motifs is 5. The summed E-state index contributed by atoms with van der Waals surface area (Å²) in [5.74, 6) is 1.70. The van der Waals surface area contributed by atoms with E-state index in [9.17, 15) is 9.59 Å². The van der Waals surface area contributed by atoms with Crippen LogP contribution in [0.5, 0.6) is 0 Å². The van der Waals surface area contributed by atoms with E-state index < -0.39 is 5.97 Å². The van der Waals surface area contributed by atoms with E-state index >= 15 is 0 Å². The minimum Gasteiger partial charge on any atom is -0.481 e. The molecule has 5 heteroatoms. The van der Waals surface area contributed by atoms with E-state index in [2.05, 4.69) is 17.5 Å². The third kappa shape index (κ3) is 3.48. The molecule has 3 unspecified atom stereocenters. The highest BCUT2D eigenvalue weighted by Gasteiger charge is 2.50. The molecule has 1 aromatic carbocycles. The van der Waals surface area contributed by atoms with Crippen LogP contribution >= 0.6 is 0 Å². The number of benzene rings is 1. The minimum absolute atomic E-state index is 0.0369. The fraction of sp³-hybridized carbons (Fsp3) is 0.524. The molecule has 2 bridgehead atoms. The lowest BCUT2D eigenvalue weighted by molar-refractivity contribution is -0.137. The van der Waals surface area contributed by atoms with Crippen LogP contribution in [-0.4, -0.2) is 41.1 Å². The molecule has 5 nitrogen and oxygen atoms in total. The zero-order chi connectivity index (χ0) is 18.1. The molecule has 0 aromatic heterocycles. The van der Waals surface area contributed by atoms with Crippen LogP contribution < -0.4 is 5.32 Å². The number of nitrogens with zero attached hydrogens (tertiary/aromatic N) is 1. The lowest BCUT2D eigenvalue weighted by Gasteiger charge is -2.24. The van der Waals surface area contributed by atoms with Crippen molar-refractivity contribution < 1.29 is 14.7 Å². The first kappa shape index (κ1) is 17.1. The van der Waals surface area contributed by atoms with Gasteiger partial charge >= 0.3 is 12.0 Å². The number of amides is 2. The summed E-state index contributed by atoms with van der Waals surface area (Å²) in [6.45, 7) is 1.66. The molecule has 2 amide bonds. The Kier molecular flexibility index (Phi) is 4.70. The largest absolute Gasteiger partial charge is 0.481 e. The van der Waals surface area contributed by atoms with Crippen molar-refractivity contribution in [3.8, 4) is 0 Å². The summed E-state index contributed by atoms with van der Waals surface area (Å²) in [4.78, 5) is 25.7. The van der Waals surface area contributed by atoms with Crippen LogP contribution in [-0.2, 0) is 11.2 Å². The highest BCUT2D eigenvalue weighted by Crippen LogP contribution is 2.51. The van der Waals surface area contributed by atoms with E-state index in [1.807, 2.05) is 35.2 Å². The van der Waals surface area contributed by atoms with Crippen molar-refractivity contribution in [2.75, 3.05) is 13.1 Å². The summed E-state index contributed by atoms with van der Waals surface area (Å²) in [5, 5.41) is 12.1. The molecule has 2 N–H and O–H groups in total. The van der Waals surface area contributed by atoms with E-state index in [1.165, 1.54) is 6.42 Å². The van der Waals surface area contributed by atoms with Gasteiger partial charge in [0.05, 0.1) is 0 Å². The van der Waals surface area contributed by atoms with Crippen LogP contribution in [0.1, 0.15) is 24.8 Å². The molecule has 1 aromatic rings. The van der Waals surface area contributed by atoms with Crippen molar-refractivity contribution >= 4 is 12.0 Å². The van der Waals surface area contributed by atoms with E-state index in [1.54, 1.807) is 0 Å². The number of likely N-dealkylation sites (tertiary alicyclic amines) is 1. The van der Waals surface area contributed by atoms with Gasteiger partial charge in [-0.15, -0.1) is 0 Å². The van der Waals surface area contributed by atoms with Crippen LogP contribution in [0.3, 0.4) is 0 Å². The van der Waals surface area contributed by atoms with Crippen molar-refractivity contribution in [1.29, 1.82) is 0 Å². The maximum Gasteiger partial charge on any atom is 0.317 e. The SMILES string of the molecule is O=C(O)CCC(Cc1ccccc1)NC(=O)N1C[C@@H]2C3C=CC(C3)[C@@H]2C1. The first-order chi connectivity index (χ1) is 12.6. The van der Waals surface area contributed by atoms with Gasteiger partial charge in [-0.2, -0.15) is 0 Å². The number of carboxylic acid groups (broad SMARTS) is 1. The van der Waals surface area contributed by atoms with Gasteiger partial charge in [0, 0.05) is 25.6 Å². The molecule has 1 saturated carbocycles. The van der Waals surface area contributed by atoms with Gasteiger partial charge in [-0.3, -0.25) is 4.79 Å². The molecule has 138 valence electrons. The minimum atomic E-state index is -0.823. The maximum absolute atomic E-state index is 12.8. The fourth-order valence-electron chi connectivity index (χ4n) is 5.01. The van der Waals surface area contributed by atoms with Crippen LogP contribution in [0.25, 0.3) is 0 Å². The molecule has 1 aliphatic heterocycles. The van der Waals surface area contributed by atoms with Crippen LogP contribution in [0, 0.1) is 23.7 Å².